The van der Waals surface area contributed by atoms with Crippen LogP contribution in [0, 0.1) is 5.92 Å². The number of allylic oxidation sites excluding steroid dienone is 1. The second-order valence-electron chi connectivity index (χ2n) is 7.24. The lowest BCUT2D eigenvalue weighted by Crippen LogP contribution is -2.53. The minimum Gasteiger partial charge on any atom is -0.320 e. The molecule has 7 nitrogen and oxygen atoms in total. The smallest absolute Gasteiger partial charge is 0.320 e. The van der Waals surface area contributed by atoms with Crippen molar-refractivity contribution in [1.82, 2.24) is 15.8 Å². The first-order valence-corrected chi connectivity index (χ1v) is 10.3. The van der Waals surface area contributed by atoms with E-state index in [0.717, 1.165) is 16.3 Å². The number of aldehydes is 1. The van der Waals surface area contributed by atoms with Gasteiger partial charge in [-0.05, 0) is 28.7 Å². The summed E-state index contributed by atoms with van der Waals surface area (Å²) in [6, 6.07) is 12.4. The Kier molecular flexibility index (Phi) is 6.56. The molecule has 2 aromatic carbocycles. The largest absolute Gasteiger partial charge is 0.341 e. The Morgan fingerprint density at radius 3 is 2.62 bits per heavy atom. The maximum Gasteiger partial charge on any atom is 0.341 e. The summed E-state index contributed by atoms with van der Waals surface area (Å²) >= 11 is 1.36. The van der Waals surface area contributed by atoms with Crippen LogP contribution in [0.4, 0.5) is 4.79 Å². The minimum absolute atomic E-state index is 0.228. The summed E-state index contributed by atoms with van der Waals surface area (Å²) in [5, 5.41) is 3.25. The highest BCUT2D eigenvalue weighted by atomic mass is 32.2. The number of amides is 3. The van der Waals surface area contributed by atoms with Gasteiger partial charge in [-0.15, -0.1) is 11.8 Å². The van der Waals surface area contributed by atoms with Gasteiger partial charge in [0, 0.05) is 5.41 Å². The molecular formula is C21H24N4O3S. The summed E-state index contributed by atoms with van der Waals surface area (Å²) in [4.78, 5) is 37.8. The zero-order chi connectivity index (χ0) is 21.0. The Labute approximate surface area is 173 Å². The summed E-state index contributed by atoms with van der Waals surface area (Å²) < 4.78 is 0. The quantitative estimate of drug-likeness (QED) is 0.517. The second-order valence-corrected chi connectivity index (χ2v) is 8.20. The summed E-state index contributed by atoms with van der Waals surface area (Å²) in [5.74, 6) is -0.223. The number of carbonyl (C=O) groups is 3. The molecule has 0 spiro atoms. The average Bonchev–Trinajstić information content (AvgIpc) is 3.14. The van der Waals surface area contributed by atoms with Crippen molar-refractivity contribution in [2.75, 3.05) is 0 Å². The lowest BCUT2D eigenvalue weighted by molar-refractivity contribution is -0.123. The molecule has 1 aliphatic heterocycles. The summed E-state index contributed by atoms with van der Waals surface area (Å²) in [5.41, 5.74) is 11.7. The molecular weight excluding hydrogens is 388 g/mol. The fraction of sp³-hybridized carbons (Fsp3) is 0.286. The molecule has 1 unspecified atom stereocenters. The zero-order valence-corrected chi connectivity index (χ0v) is 17.1. The molecule has 0 radical (unpaired) electrons. The molecule has 1 aliphatic rings. The Morgan fingerprint density at radius 1 is 1.17 bits per heavy atom. The number of hydrogen-bond acceptors (Lipinski definition) is 5. The van der Waals surface area contributed by atoms with Crippen molar-refractivity contribution < 1.29 is 14.4 Å². The van der Waals surface area contributed by atoms with Gasteiger partial charge in [-0.25, -0.2) is 10.2 Å². The number of thioether (sulfide) groups is 1. The fourth-order valence-corrected chi connectivity index (χ4v) is 4.39. The van der Waals surface area contributed by atoms with Gasteiger partial charge in [0.25, 0.3) is 5.91 Å². The number of nitrogens with two attached hydrogens (primary N) is 1. The van der Waals surface area contributed by atoms with Crippen molar-refractivity contribution in [3.63, 3.8) is 0 Å². The predicted octanol–water partition coefficient (Wildman–Crippen LogP) is 3.04. The van der Waals surface area contributed by atoms with Crippen LogP contribution < -0.4 is 16.6 Å². The van der Waals surface area contributed by atoms with Crippen LogP contribution in [0.15, 0.2) is 53.6 Å². The highest BCUT2D eigenvalue weighted by molar-refractivity contribution is 8.02. The van der Waals surface area contributed by atoms with E-state index in [1.54, 1.807) is 5.41 Å². The van der Waals surface area contributed by atoms with Crippen molar-refractivity contribution in [2.24, 2.45) is 11.7 Å². The molecule has 0 fully saturated rings. The number of rotatable bonds is 5. The van der Waals surface area contributed by atoms with E-state index in [9.17, 15) is 14.4 Å². The molecule has 29 heavy (non-hydrogen) atoms. The topological polar surface area (TPSA) is 105 Å². The van der Waals surface area contributed by atoms with Crippen LogP contribution in [0.2, 0.25) is 0 Å². The minimum atomic E-state index is -0.724. The molecule has 8 heteroatoms. The Balaban J connectivity index is 1.79. The number of benzene rings is 2. The van der Waals surface area contributed by atoms with Crippen LogP contribution in [-0.4, -0.2) is 29.2 Å². The Bertz CT molecular complexity index is 955. The van der Waals surface area contributed by atoms with Crippen LogP contribution in [0.25, 0.3) is 10.8 Å². The SMILES string of the molecule is CC(C)C[C@H](N)C(=O)NNC(=O)N1C(C=O)=CSC1c1cccc2ccccc12. The van der Waals surface area contributed by atoms with Crippen molar-refractivity contribution in [3.8, 4) is 0 Å². The Morgan fingerprint density at radius 2 is 1.90 bits per heavy atom. The molecule has 0 saturated heterocycles. The molecule has 4 N–H and O–H groups in total. The molecule has 0 aliphatic carbocycles. The van der Waals surface area contributed by atoms with Crippen molar-refractivity contribution in [2.45, 2.75) is 31.7 Å². The fourth-order valence-electron chi connectivity index (χ4n) is 3.26. The van der Waals surface area contributed by atoms with E-state index >= 15 is 0 Å². The van der Waals surface area contributed by atoms with Crippen LogP contribution in [-0.2, 0) is 9.59 Å². The number of fused-ring (bicyclic) bond motifs is 1. The predicted molar refractivity (Wildman–Crippen MR) is 114 cm³/mol. The van der Waals surface area contributed by atoms with Crippen LogP contribution in [0.5, 0.6) is 0 Å². The highest BCUT2D eigenvalue weighted by Gasteiger charge is 2.34. The van der Waals surface area contributed by atoms with E-state index in [2.05, 4.69) is 10.9 Å². The molecule has 1 heterocycles. The van der Waals surface area contributed by atoms with Crippen LogP contribution >= 0.6 is 11.8 Å². The van der Waals surface area contributed by atoms with Gasteiger partial charge in [0.05, 0.1) is 11.7 Å². The van der Waals surface area contributed by atoms with Crippen molar-refractivity contribution >= 4 is 40.8 Å². The van der Waals surface area contributed by atoms with Gasteiger partial charge in [-0.3, -0.25) is 19.9 Å². The monoisotopic (exact) mass is 412 g/mol. The number of nitrogens with one attached hydrogen (secondary N) is 2. The van der Waals surface area contributed by atoms with Crippen molar-refractivity contribution in [1.29, 1.82) is 0 Å². The number of hydrazine groups is 1. The van der Waals surface area contributed by atoms with Gasteiger partial charge in [0.2, 0.25) is 0 Å². The summed E-state index contributed by atoms with van der Waals surface area (Å²) in [7, 11) is 0. The average molecular weight is 413 g/mol. The van der Waals surface area contributed by atoms with Gasteiger partial charge >= 0.3 is 6.03 Å². The van der Waals surface area contributed by atoms with E-state index in [-0.39, 0.29) is 11.6 Å². The van der Waals surface area contributed by atoms with Gasteiger partial charge in [0.1, 0.15) is 5.37 Å². The lowest BCUT2D eigenvalue weighted by Gasteiger charge is -2.27. The number of hydrogen-bond donors (Lipinski definition) is 3. The number of nitrogens with zero attached hydrogens (tertiary/aromatic N) is 1. The molecule has 0 saturated carbocycles. The molecule has 152 valence electrons. The molecule has 3 rings (SSSR count). The van der Waals surface area contributed by atoms with E-state index in [1.165, 1.54) is 16.7 Å². The number of carbonyl (C=O) groups excluding carboxylic acids is 3. The highest BCUT2D eigenvalue weighted by Crippen LogP contribution is 2.44. The van der Waals surface area contributed by atoms with Crippen LogP contribution in [0.1, 0.15) is 31.2 Å². The first-order valence-electron chi connectivity index (χ1n) is 9.35. The standard InChI is InChI=1S/C21H24N4O3S/c1-13(2)10-18(22)19(27)23-24-21(28)25-15(11-26)12-29-20(25)17-9-5-7-14-6-3-4-8-16(14)17/h3-9,11-13,18,20H,10,22H2,1-2H3,(H,23,27)(H,24,28)/t18-,20?/m0/s1. The van der Waals surface area contributed by atoms with Gasteiger partial charge in [0.15, 0.2) is 6.29 Å². The molecule has 2 atom stereocenters. The third kappa shape index (κ3) is 4.60. The molecule has 0 bridgehead atoms. The summed E-state index contributed by atoms with van der Waals surface area (Å²) in [6.45, 7) is 3.92. The van der Waals surface area contributed by atoms with Crippen LogP contribution in [0.3, 0.4) is 0 Å². The first-order chi connectivity index (χ1) is 13.9. The second kappa shape index (κ2) is 9.11. The Hall–Kier alpha value is -2.84. The maximum atomic E-state index is 12.8. The third-order valence-corrected chi connectivity index (χ3v) is 5.71. The van der Waals surface area contributed by atoms with E-state index in [1.807, 2.05) is 56.3 Å². The molecule has 3 amide bonds. The maximum absolute atomic E-state index is 12.8. The van der Waals surface area contributed by atoms with E-state index < -0.39 is 23.4 Å². The van der Waals surface area contributed by atoms with Gasteiger partial charge in [-0.1, -0.05) is 56.3 Å². The van der Waals surface area contributed by atoms with Crippen molar-refractivity contribution in [3.05, 3.63) is 59.1 Å². The van der Waals surface area contributed by atoms with E-state index in [0.29, 0.717) is 12.7 Å². The lowest BCUT2D eigenvalue weighted by atomic mass is 10.0. The van der Waals surface area contributed by atoms with E-state index in [4.69, 9.17) is 5.73 Å². The van der Waals surface area contributed by atoms with Gasteiger partial charge < -0.3 is 5.73 Å². The first kappa shape index (κ1) is 20.9. The zero-order valence-electron chi connectivity index (χ0n) is 16.3. The molecule has 0 aromatic heterocycles. The molecule has 2 aromatic rings. The number of urea groups is 1. The van der Waals surface area contributed by atoms with Gasteiger partial charge in [-0.2, -0.15) is 0 Å². The summed E-state index contributed by atoms with van der Waals surface area (Å²) in [6.07, 6.45) is 1.13. The third-order valence-electron chi connectivity index (χ3n) is 4.61. The normalized spacial score (nSPS) is 17.2.